The molecule has 30 heavy (non-hydrogen) atoms. The lowest BCUT2D eigenvalue weighted by Crippen LogP contribution is -2.34. The van der Waals surface area contributed by atoms with Gasteiger partial charge in [0.05, 0.1) is 26.0 Å². The third-order valence-electron chi connectivity index (χ3n) is 5.73. The minimum absolute atomic E-state index is 0.0430. The highest BCUT2D eigenvalue weighted by Crippen LogP contribution is 2.33. The molecule has 2 heterocycles. The maximum atomic E-state index is 13.0. The Hall–Kier alpha value is -2.48. The van der Waals surface area contributed by atoms with E-state index in [1.54, 1.807) is 30.5 Å². The fraction of sp³-hybridized carbons (Fsp3) is 0.500. The molecular weight excluding hydrogens is 402 g/mol. The van der Waals surface area contributed by atoms with Gasteiger partial charge >= 0.3 is 0 Å². The van der Waals surface area contributed by atoms with Gasteiger partial charge in [0.1, 0.15) is 0 Å². The molecule has 0 saturated heterocycles. The summed E-state index contributed by atoms with van der Waals surface area (Å²) in [6.07, 6.45) is 4.82. The molecule has 1 aliphatic carbocycles. The molecule has 160 valence electrons. The van der Waals surface area contributed by atoms with Gasteiger partial charge in [0.25, 0.3) is 5.56 Å². The Labute approximate surface area is 180 Å². The molecular formula is C22H27N3O4S. The molecule has 0 spiro atoms. The van der Waals surface area contributed by atoms with Crippen LogP contribution < -0.4 is 20.3 Å². The SMILES string of the molecule is COc1ccc(CCNC(=O)C[C@H]2CSc3nc4c(c(=O)n32)CCCC4)cc1OC. The first-order chi connectivity index (χ1) is 14.6. The van der Waals surface area contributed by atoms with Gasteiger partial charge in [-0.25, -0.2) is 4.98 Å². The van der Waals surface area contributed by atoms with Crippen LogP contribution in [-0.2, 0) is 24.1 Å². The van der Waals surface area contributed by atoms with E-state index in [4.69, 9.17) is 14.5 Å². The lowest BCUT2D eigenvalue weighted by molar-refractivity contribution is -0.121. The summed E-state index contributed by atoms with van der Waals surface area (Å²) >= 11 is 1.58. The van der Waals surface area contributed by atoms with Crippen LogP contribution in [0.4, 0.5) is 0 Å². The van der Waals surface area contributed by atoms with Crippen molar-refractivity contribution in [2.45, 2.75) is 49.7 Å². The zero-order valence-electron chi connectivity index (χ0n) is 17.4. The minimum Gasteiger partial charge on any atom is -0.493 e. The van der Waals surface area contributed by atoms with Gasteiger partial charge in [-0.05, 0) is 49.8 Å². The molecule has 8 heteroatoms. The second kappa shape index (κ2) is 9.12. The molecule has 0 bridgehead atoms. The largest absolute Gasteiger partial charge is 0.493 e. The Kier molecular flexibility index (Phi) is 6.32. The molecule has 1 aromatic carbocycles. The molecule has 2 aliphatic rings. The molecule has 0 saturated carbocycles. The first-order valence-corrected chi connectivity index (χ1v) is 11.3. The van der Waals surface area contributed by atoms with Crippen LogP contribution in [0.1, 0.15) is 42.1 Å². The van der Waals surface area contributed by atoms with Crippen molar-refractivity contribution in [2.75, 3.05) is 26.5 Å². The van der Waals surface area contributed by atoms with E-state index >= 15 is 0 Å². The number of aromatic nitrogens is 2. The van der Waals surface area contributed by atoms with Crippen molar-refractivity contribution in [3.63, 3.8) is 0 Å². The van der Waals surface area contributed by atoms with Crippen molar-refractivity contribution < 1.29 is 14.3 Å². The van der Waals surface area contributed by atoms with Gasteiger partial charge in [-0.15, -0.1) is 0 Å². The monoisotopic (exact) mass is 429 g/mol. The Morgan fingerprint density at radius 2 is 2.03 bits per heavy atom. The highest BCUT2D eigenvalue weighted by molar-refractivity contribution is 7.99. The van der Waals surface area contributed by atoms with Gasteiger partial charge in [-0.1, -0.05) is 17.8 Å². The first kappa shape index (κ1) is 20.8. The van der Waals surface area contributed by atoms with Gasteiger partial charge < -0.3 is 14.8 Å². The molecule has 4 rings (SSSR count). The van der Waals surface area contributed by atoms with E-state index in [1.807, 2.05) is 18.2 Å². The van der Waals surface area contributed by atoms with Gasteiger partial charge in [0.15, 0.2) is 16.7 Å². The Bertz CT molecular complexity index is 1000. The van der Waals surface area contributed by atoms with Crippen molar-refractivity contribution in [3.05, 3.63) is 45.4 Å². The van der Waals surface area contributed by atoms with Gasteiger partial charge in [0, 0.05) is 24.3 Å². The lowest BCUT2D eigenvalue weighted by Gasteiger charge is -2.18. The highest BCUT2D eigenvalue weighted by Gasteiger charge is 2.30. The zero-order valence-corrected chi connectivity index (χ0v) is 18.2. The molecule has 1 aliphatic heterocycles. The zero-order chi connectivity index (χ0) is 21.1. The second-order valence-electron chi connectivity index (χ2n) is 7.66. The quantitative estimate of drug-likeness (QED) is 0.681. The molecule has 2 aromatic rings. The van der Waals surface area contributed by atoms with Gasteiger partial charge in [-0.3, -0.25) is 14.2 Å². The van der Waals surface area contributed by atoms with Crippen molar-refractivity contribution in [1.82, 2.24) is 14.9 Å². The van der Waals surface area contributed by atoms with Crippen molar-refractivity contribution >= 4 is 17.7 Å². The average Bonchev–Trinajstić information content (AvgIpc) is 3.16. The summed E-state index contributed by atoms with van der Waals surface area (Å²) in [7, 11) is 3.21. The maximum Gasteiger partial charge on any atom is 0.257 e. The maximum absolute atomic E-state index is 13.0. The van der Waals surface area contributed by atoms with Crippen LogP contribution in [0.5, 0.6) is 11.5 Å². The Morgan fingerprint density at radius 3 is 2.83 bits per heavy atom. The van der Waals surface area contributed by atoms with E-state index in [-0.39, 0.29) is 17.5 Å². The molecule has 1 atom stereocenters. The summed E-state index contributed by atoms with van der Waals surface area (Å²) in [5, 5.41) is 3.75. The fourth-order valence-electron chi connectivity index (χ4n) is 4.13. The van der Waals surface area contributed by atoms with E-state index < -0.39 is 0 Å². The van der Waals surface area contributed by atoms with Crippen LogP contribution in [0.15, 0.2) is 28.2 Å². The van der Waals surface area contributed by atoms with Crippen LogP contribution in [0.3, 0.4) is 0 Å². The summed E-state index contributed by atoms with van der Waals surface area (Å²) < 4.78 is 12.3. The normalized spacial score (nSPS) is 17.2. The number of benzene rings is 1. The molecule has 0 fully saturated rings. The summed E-state index contributed by atoms with van der Waals surface area (Å²) in [6.45, 7) is 0.526. The number of hydrogen-bond acceptors (Lipinski definition) is 6. The van der Waals surface area contributed by atoms with E-state index in [9.17, 15) is 9.59 Å². The number of ether oxygens (including phenoxy) is 2. The molecule has 7 nitrogen and oxygen atoms in total. The number of nitrogens with zero attached hydrogens (tertiary/aromatic N) is 2. The number of hydrogen-bond donors (Lipinski definition) is 1. The molecule has 1 amide bonds. The van der Waals surface area contributed by atoms with Crippen LogP contribution >= 0.6 is 11.8 Å². The predicted octanol–water partition coefficient (Wildman–Crippen LogP) is 2.54. The van der Waals surface area contributed by atoms with Crippen molar-refractivity contribution in [3.8, 4) is 11.5 Å². The minimum atomic E-state index is -0.127. The number of methoxy groups -OCH3 is 2. The summed E-state index contributed by atoms with van der Waals surface area (Å²) in [4.78, 5) is 30.2. The third-order valence-corrected chi connectivity index (χ3v) is 6.82. The standard InChI is InChI=1S/C22H27N3O4S/c1-28-18-8-7-14(11-19(18)29-2)9-10-23-20(26)12-15-13-30-22-24-17-6-4-3-5-16(17)21(27)25(15)22/h7-8,11,15H,3-6,9-10,12-13H2,1-2H3,(H,23,26)/t15-/m0/s1. The number of carbonyl (C=O) groups is 1. The average molecular weight is 430 g/mol. The van der Waals surface area contributed by atoms with Crippen LogP contribution in [0.25, 0.3) is 0 Å². The highest BCUT2D eigenvalue weighted by atomic mass is 32.2. The van der Waals surface area contributed by atoms with E-state index in [2.05, 4.69) is 5.32 Å². The van der Waals surface area contributed by atoms with Crippen LogP contribution in [0.2, 0.25) is 0 Å². The smallest absolute Gasteiger partial charge is 0.257 e. The topological polar surface area (TPSA) is 82.5 Å². The third kappa shape index (κ3) is 4.19. The Morgan fingerprint density at radius 1 is 1.23 bits per heavy atom. The summed E-state index contributed by atoms with van der Waals surface area (Å²) in [5.74, 6) is 2.03. The van der Waals surface area contributed by atoms with Crippen molar-refractivity contribution in [2.24, 2.45) is 0 Å². The number of rotatable bonds is 7. The van der Waals surface area contributed by atoms with Crippen molar-refractivity contribution in [1.29, 1.82) is 0 Å². The number of carbonyl (C=O) groups excluding carboxylic acids is 1. The molecule has 1 aromatic heterocycles. The second-order valence-corrected chi connectivity index (χ2v) is 8.65. The molecule has 1 N–H and O–H groups in total. The van der Waals surface area contributed by atoms with Gasteiger partial charge in [-0.2, -0.15) is 0 Å². The number of fused-ring (bicyclic) bond motifs is 2. The Balaban J connectivity index is 1.36. The fourth-order valence-corrected chi connectivity index (χ4v) is 5.29. The number of thioether (sulfide) groups is 1. The number of amides is 1. The molecule has 0 radical (unpaired) electrons. The number of nitrogens with one attached hydrogen (secondary N) is 1. The lowest BCUT2D eigenvalue weighted by atomic mass is 9.97. The van der Waals surface area contributed by atoms with Gasteiger partial charge in [0.2, 0.25) is 5.91 Å². The van der Waals surface area contributed by atoms with E-state index in [1.165, 1.54) is 0 Å². The number of aryl methyl sites for hydroxylation is 1. The molecule has 0 unspecified atom stereocenters. The first-order valence-electron chi connectivity index (χ1n) is 10.4. The van der Waals surface area contributed by atoms with E-state index in [0.29, 0.717) is 36.6 Å². The summed E-state index contributed by atoms with van der Waals surface area (Å²) in [6, 6.07) is 5.62. The van der Waals surface area contributed by atoms with Crippen LogP contribution in [-0.4, -0.2) is 42.0 Å². The van der Waals surface area contributed by atoms with E-state index in [0.717, 1.165) is 47.7 Å². The predicted molar refractivity (Wildman–Crippen MR) is 116 cm³/mol. The van der Waals surface area contributed by atoms with Crippen LogP contribution in [0, 0.1) is 0 Å². The summed E-state index contributed by atoms with van der Waals surface area (Å²) in [5.41, 5.74) is 2.93.